The maximum atomic E-state index is 11.4. The Kier molecular flexibility index (Phi) is 2.81. The van der Waals surface area contributed by atoms with Gasteiger partial charge in [-0.2, -0.15) is 0 Å². The molecule has 2 heteroatoms. The summed E-state index contributed by atoms with van der Waals surface area (Å²) in [5.74, 6) is 0.825. The topological polar surface area (TPSA) is 20.3 Å². The number of fused-ring (bicyclic) bond motifs is 1. The zero-order chi connectivity index (χ0) is 11.7. The molecule has 1 aromatic carbocycles. The van der Waals surface area contributed by atoms with Crippen LogP contribution >= 0.6 is 0 Å². The van der Waals surface area contributed by atoms with Crippen LogP contribution < -0.4 is 0 Å². The Morgan fingerprint density at radius 1 is 1.24 bits per heavy atom. The Hall–Kier alpha value is -1.41. The summed E-state index contributed by atoms with van der Waals surface area (Å²) in [5, 5.41) is 0. The number of ketones is 1. The van der Waals surface area contributed by atoms with Gasteiger partial charge in [0, 0.05) is 32.0 Å². The molecule has 1 unspecified atom stereocenters. The van der Waals surface area contributed by atoms with Crippen LogP contribution in [0.15, 0.2) is 42.0 Å². The molecule has 0 amide bonds. The number of carbonyl (C=O) groups is 1. The van der Waals surface area contributed by atoms with Gasteiger partial charge in [0.15, 0.2) is 5.78 Å². The number of allylic oxidation sites excluding steroid dienone is 1. The van der Waals surface area contributed by atoms with Gasteiger partial charge in [0.05, 0.1) is 0 Å². The summed E-state index contributed by atoms with van der Waals surface area (Å²) in [7, 11) is 0. The molecule has 1 aliphatic heterocycles. The first-order valence-electron chi connectivity index (χ1n) is 6.31. The van der Waals surface area contributed by atoms with Gasteiger partial charge in [-0.15, -0.1) is 0 Å². The molecule has 2 nitrogen and oxygen atoms in total. The maximum Gasteiger partial charge on any atom is 0.156 e. The van der Waals surface area contributed by atoms with E-state index in [1.54, 1.807) is 0 Å². The average Bonchev–Trinajstić information content (AvgIpc) is 2.70. The monoisotopic (exact) mass is 227 g/mol. The molecule has 2 aliphatic rings. The van der Waals surface area contributed by atoms with E-state index in [2.05, 4.69) is 35.2 Å². The van der Waals surface area contributed by atoms with Crippen molar-refractivity contribution in [1.29, 1.82) is 0 Å². The lowest BCUT2D eigenvalue weighted by atomic mass is 9.94. The van der Waals surface area contributed by atoms with E-state index in [0.29, 0.717) is 11.7 Å². The lowest BCUT2D eigenvalue weighted by molar-refractivity contribution is -0.114. The highest BCUT2D eigenvalue weighted by Crippen LogP contribution is 2.31. The van der Waals surface area contributed by atoms with Gasteiger partial charge >= 0.3 is 0 Å². The van der Waals surface area contributed by atoms with Crippen LogP contribution in [0.2, 0.25) is 0 Å². The van der Waals surface area contributed by atoms with Crippen LogP contribution in [0.4, 0.5) is 0 Å². The van der Waals surface area contributed by atoms with Gasteiger partial charge in [-0.3, -0.25) is 9.69 Å². The summed E-state index contributed by atoms with van der Waals surface area (Å²) in [6, 6.07) is 10.6. The quantitative estimate of drug-likeness (QED) is 0.773. The minimum absolute atomic E-state index is 0.326. The van der Waals surface area contributed by atoms with Crippen molar-refractivity contribution in [3.8, 4) is 0 Å². The predicted octanol–water partition coefficient (Wildman–Crippen LogP) is 2.41. The molecule has 3 rings (SSSR count). The SMILES string of the molecule is O=C1C=C2CCN(Cc3ccccc3)CC2C1. The third-order valence-corrected chi connectivity index (χ3v) is 3.76. The Morgan fingerprint density at radius 3 is 2.88 bits per heavy atom. The van der Waals surface area contributed by atoms with E-state index in [9.17, 15) is 4.79 Å². The lowest BCUT2D eigenvalue weighted by Gasteiger charge is -2.32. The molecule has 1 heterocycles. The molecule has 0 saturated carbocycles. The van der Waals surface area contributed by atoms with Crippen molar-refractivity contribution in [2.75, 3.05) is 13.1 Å². The van der Waals surface area contributed by atoms with E-state index in [-0.39, 0.29) is 0 Å². The van der Waals surface area contributed by atoms with E-state index in [1.807, 2.05) is 6.08 Å². The lowest BCUT2D eigenvalue weighted by Crippen LogP contribution is -2.35. The van der Waals surface area contributed by atoms with Gasteiger partial charge in [-0.05, 0) is 18.1 Å². The minimum Gasteiger partial charge on any atom is -0.298 e. The molecule has 0 radical (unpaired) electrons. The number of carbonyl (C=O) groups excluding carboxylic acids is 1. The molecule has 0 spiro atoms. The number of benzene rings is 1. The molecule has 1 atom stereocenters. The second-order valence-electron chi connectivity index (χ2n) is 5.06. The fraction of sp³-hybridized carbons (Fsp3) is 0.400. The highest BCUT2D eigenvalue weighted by atomic mass is 16.1. The Balaban J connectivity index is 1.64. The van der Waals surface area contributed by atoms with E-state index >= 15 is 0 Å². The highest BCUT2D eigenvalue weighted by Gasteiger charge is 2.30. The molecule has 1 aliphatic carbocycles. The van der Waals surface area contributed by atoms with Gasteiger partial charge in [-0.1, -0.05) is 35.9 Å². The number of rotatable bonds is 2. The summed E-state index contributed by atoms with van der Waals surface area (Å²) in [5.41, 5.74) is 2.75. The van der Waals surface area contributed by atoms with Crippen LogP contribution in [0.25, 0.3) is 0 Å². The van der Waals surface area contributed by atoms with Gasteiger partial charge in [0.1, 0.15) is 0 Å². The Morgan fingerprint density at radius 2 is 2.06 bits per heavy atom. The van der Waals surface area contributed by atoms with Crippen LogP contribution in [-0.2, 0) is 11.3 Å². The summed E-state index contributed by atoms with van der Waals surface area (Å²) >= 11 is 0. The third-order valence-electron chi connectivity index (χ3n) is 3.76. The molecule has 17 heavy (non-hydrogen) atoms. The highest BCUT2D eigenvalue weighted by molar-refractivity contribution is 5.93. The van der Waals surface area contributed by atoms with E-state index < -0.39 is 0 Å². The maximum absolute atomic E-state index is 11.4. The minimum atomic E-state index is 0.326. The first kappa shape index (κ1) is 10.7. The smallest absolute Gasteiger partial charge is 0.156 e. The molecule has 1 aromatic rings. The van der Waals surface area contributed by atoms with Crippen LogP contribution in [0.3, 0.4) is 0 Å². The van der Waals surface area contributed by atoms with Crippen molar-refractivity contribution in [3.63, 3.8) is 0 Å². The van der Waals surface area contributed by atoms with Crippen LogP contribution in [0, 0.1) is 5.92 Å². The fourth-order valence-electron chi connectivity index (χ4n) is 2.89. The zero-order valence-electron chi connectivity index (χ0n) is 9.93. The van der Waals surface area contributed by atoms with E-state index in [1.165, 1.54) is 11.1 Å². The summed E-state index contributed by atoms with van der Waals surface area (Å²) in [6.45, 7) is 3.15. The summed E-state index contributed by atoms with van der Waals surface area (Å²) < 4.78 is 0. The molecule has 0 aromatic heterocycles. The number of nitrogens with zero attached hydrogens (tertiary/aromatic N) is 1. The van der Waals surface area contributed by atoms with Crippen molar-refractivity contribution >= 4 is 5.78 Å². The van der Waals surface area contributed by atoms with E-state index in [0.717, 1.165) is 32.5 Å². The molecule has 1 saturated heterocycles. The van der Waals surface area contributed by atoms with Crippen molar-refractivity contribution in [2.24, 2.45) is 5.92 Å². The standard InChI is InChI=1S/C15H17NO/c17-15-8-13-6-7-16(11-14(13)9-15)10-12-4-2-1-3-5-12/h1-5,8,14H,6-7,9-11H2. The van der Waals surface area contributed by atoms with E-state index in [4.69, 9.17) is 0 Å². The predicted molar refractivity (Wildman–Crippen MR) is 67.5 cm³/mol. The zero-order valence-corrected chi connectivity index (χ0v) is 9.93. The summed E-state index contributed by atoms with van der Waals surface area (Å²) in [4.78, 5) is 13.8. The normalized spacial score (nSPS) is 24.6. The first-order chi connectivity index (χ1) is 8.31. The number of piperidine rings is 1. The summed E-state index contributed by atoms with van der Waals surface area (Å²) in [6.07, 6.45) is 3.69. The van der Waals surface area contributed by atoms with Crippen molar-refractivity contribution < 1.29 is 4.79 Å². The first-order valence-corrected chi connectivity index (χ1v) is 6.31. The Labute approximate surface area is 102 Å². The molecular formula is C15H17NO. The van der Waals surface area contributed by atoms with Crippen LogP contribution in [0.1, 0.15) is 18.4 Å². The second-order valence-corrected chi connectivity index (χ2v) is 5.06. The number of likely N-dealkylation sites (tertiary alicyclic amines) is 1. The van der Waals surface area contributed by atoms with Crippen LogP contribution in [-0.4, -0.2) is 23.8 Å². The average molecular weight is 227 g/mol. The third kappa shape index (κ3) is 2.32. The van der Waals surface area contributed by atoms with Gasteiger partial charge in [0.2, 0.25) is 0 Å². The van der Waals surface area contributed by atoms with Crippen molar-refractivity contribution in [2.45, 2.75) is 19.4 Å². The number of hydrogen-bond donors (Lipinski definition) is 0. The van der Waals surface area contributed by atoms with Gasteiger partial charge in [-0.25, -0.2) is 0 Å². The number of hydrogen-bond acceptors (Lipinski definition) is 2. The molecule has 88 valence electrons. The molecule has 0 N–H and O–H groups in total. The van der Waals surface area contributed by atoms with Gasteiger partial charge < -0.3 is 0 Å². The largest absolute Gasteiger partial charge is 0.298 e. The van der Waals surface area contributed by atoms with Crippen LogP contribution in [0.5, 0.6) is 0 Å². The Bertz CT molecular complexity index is 449. The second kappa shape index (κ2) is 4.46. The molecule has 0 bridgehead atoms. The fourth-order valence-corrected chi connectivity index (χ4v) is 2.89. The molecule has 1 fully saturated rings. The molecular weight excluding hydrogens is 210 g/mol. The van der Waals surface area contributed by atoms with Gasteiger partial charge in [0.25, 0.3) is 0 Å². The van der Waals surface area contributed by atoms with Crippen molar-refractivity contribution in [3.05, 3.63) is 47.5 Å². The van der Waals surface area contributed by atoms with Crippen molar-refractivity contribution in [1.82, 2.24) is 4.90 Å².